The second kappa shape index (κ2) is 7.12. The van der Waals surface area contributed by atoms with Gasteiger partial charge in [0.25, 0.3) is 5.91 Å². The molecule has 138 valence electrons. The lowest BCUT2D eigenvalue weighted by molar-refractivity contribution is -0.931. The second-order valence-corrected chi connectivity index (χ2v) is 6.88. The first-order chi connectivity index (χ1) is 11.7. The standard InChI is InChI=1S/C19H27FN2O3/c1-6-22(5,7-2)19(9-10-19)18(24)21-16-13(4)11-14(20)12-15(16)17(23)25-8-3/h11-12H,6-10H2,1-5H3/p+1. The molecule has 1 aromatic carbocycles. The molecule has 1 fully saturated rings. The third kappa shape index (κ3) is 3.40. The third-order valence-corrected chi connectivity index (χ3v) is 5.61. The van der Waals surface area contributed by atoms with E-state index in [1.165, 1.54) is 6.07 Å². The molecule has 1 saturated carbocycles. The van der Waals surface area contributed by atoms with Crippen molar-refractivity contribution in [3.8, 4) is 0 Å². The number of nitrogens with zero attached hydrogens (tertiary/aromatic N) is 1. The Morgan fingerprint density at radius 3 is 2.32 bits per heavy atom. The molecule has 6 heteroatoms. The van der Waals surface area contributed by atoms with Crippen molar-refractivity contribution in [1.82, 2.24) is 0 Å². The Kier molecular flexibility index (Phi) is 5.52. The van der Waals surface area contributed by atoms with E-state index < -0.39 is 17.3 Å². The van der Waals surface area contributed by atoms with Gasteiger partial charge in [-0.25, -0.2) is 9.18 Å². The van der Waals surface area contributed by atoms with Gasteiger partial charge in [-0.1, -0.05) is 0 Å². The quantitative estimate of drug-likeness (QED) is 0.606. The Hall–Kier alpha value is -1.95. The Labute approximate surface area is 148 Å². The summed E-state index contributed by atoms with van der Waals surface area (Å²) in [5.74, 6) is -1.27. The number of esters is 1. The number of ether oxygens (including phenoxy) is 1. The lowest BCUT2D eigenvalue weighted by atomic mass is 10.1. The van der Waals surface area contributed by atoms with E-state index in [0.29, 0.717) is 15.7 Å². The highest BCUT2D eigenvalue weighted by Gasteiger charge is 2.63. The van der Waals surface area contributed by atoms with Crippen LogP contribution in [0.2, 0.25) is 0 Å². The summed E-state index contributed by atoms with van der Waals surface area (Å²) in [5.41, 5.74) is 0.436. The molecule has 1 aliphatic rings. The number of halogens is 1. The Balaban J connectivity index is 2.37. The van der Waals surface area contributed by atoms with Crippen molar-refractivity contribution in [2.24, 2.45) is 0 Å². The van der Waals surface area contributed by atoms with Gasteiger partial charge in [-0.15, -0.1) is 0 Å². The number of benzene rings is 1. The molecule has 1 aromatic rings. The normalized spacial score (nSPS) is 15.6. The van der Waals surface area contributed by atoms with Crippen LogP contribution in [0, 0.1) is 12.7 Å². The van der Waals surface area contributed by atoms with Gasteiger partial charge in [0.2, 0.25) is 0 Å². The van der Waals surface area contributed by atoms with Crippen LogP contribution in [0.4, 0.5) is 10.1 Å². The largest absolute Gasteiger partial charge is 0.462 e. The third-order valence-electron chi connectivity index (χ3n) is 5.61. The summed E-state index contributed by atoms with van der Waals surface area (Å²) in [6.07, 6.45) is 1.62. The van der Waals surface area contributed by atoms with Crippen LogP contribution in [0.3, 0.4) is 0 Å². The predicted molar refractivity (Wildman–Crippen MR) is 95.0 cm³/mol. The van der Waals surface area contributed by atoms with E-state index in [4.69, 9.17) is 4.74 Å². The highest BCUT2D eigenvalue weighted by atomic mass is 19.1. The molecule has 25 heavy (non-hydrogen) atoms. The molecule has 1 amide bonds. The van der Waals surface area contributed by atoms with Crippen LogP contribution in [0.15, 0.2) is 12.1 Å². The van der Waals surface area contributed by atoms with Crippen LogP contribution in [0.5, 0.6) is 0 Å². The van der Waals surface area contributed by atoms with Crippen molar-refractivity contribution in [1.29, 1.82) is 0 Å². The zero-order chi connectivity index (χ0) is 18.8. The van der Waals surface area contributed by atoms with Gasteiger partial charge < -0.3 is 14.5 Å². The van der Waals surface area contributed by atoms with Crippen LogP contribution < -0.4 is 5.32 Å². The molecule has 0 aliphatic heterocycles. The lowest BCUT2D eigenvalue weighted by Crippen LogP contribution is -2.59. The minimum atomic E-state index is -0.631. The summed E-state index contributed by atoms with van der Waals surface area (Å²) in [6, 6.07) is 2.43. The lowest BCUT2D eigenvalue weighted by Gasteiger charge is -2.40. The molecular formula is C19H28FN2O3+. The fraction of sp³-hybridized carbons (Fsp3) is 0.579. The highest BCUT2D eigenvalue weighted by molar-refractivity contribution is 6.05. The van der Waals surface area contributed by atoms with Gasteiger partial charge in [-0.05, 0) is 45.4 Å². The molecule has 0 unspecified atom stereocenters. The molecule has 0 atom stereocenters. The summed E-state index contributed by atoms with van der Waals surface area (Å²) >= 11 is 0. The Morgan fingerprint density at radius 1 is 1.24 bits per heavy atom. The number of hydrogen-bond acceptors (Lipinski definition) is 3. The zero-order valence-electron chi connectivity index (χ0n) is 15.7. The number of hydrogen-bond donors (Lipinski definition) is 1. The van der Waals surface area contributed by atoms with Crippen molar-refractivity contribution in [3.05, 3.63) is 29.1 Å². The summed E-state index contributed by atoms with van der Waals surface area (Å²) in [4.78, 5) is 25.2. The molecule has 1 aliphatic carbocycles. The monoisotopic (exact) mass is 351 g/mol. The highest BCUT2D eigenvalue weighted by Crippen LogP contribution is 2.47. The number of carbonyl (C=O) groups is 2. The molecule has 2 rings (SSSR count). The number of likely N-dealkylation sites (N-methyl/N-ethyl adjacent to an activating group) is 1. The summed E-state index contributed by atoms with van der Waals surface area (Å²) in [6.45, 7) is 9.39. The smallest absolute Gasteiger partial charge is 0.340 e. The average Bonchev–Trinajstić information content (AvgIpc) is 3.38. The number of nitrogens with one attached hydrogen (secondary N) is 1. The van der Waals surface area contributed by atoms with Crippen molar-refractivity contribution in [2.75, 3.05) is 32.1 Å². The maximum absolute atomic E-state index is 13.8. The number of amides is 1. The van der Waals surface area contributed by atoms with E-state index in [0.717, 1.165) is 32.0 Å². The summed E-state index contributed by atoms with van der Waals surface area (Å²) in [7, 11) is 2.08. The topological polar surface area (TPSA) is 55.4 Å². The Bertz CT molecular complexity index is 679. The summed E-state index contributed by atoms with van der Waals surface area (Å²) < 4.78 is 19.4. The van der Waals surface area contributed by atoms with E-state index >= 15 is 0 Å². The van der Waals surface area contributed by atoms with Crippen LogP contribution in [0.1, 0.15) is 49.5 Å². The molecule has 5 nitrogen and oxygen atoms in total. The maximum atomic E-state index is 13.8. The van der Waals surface area contributed by atoms with Crippen molar-refractivity contribution in [3.63, 3.8) is 0 Å². The molecule has 0 heterocycles. The molecule has 0 spiro atoms. The molecule has 1 N–H and O–H groups in total. The minimum absolute atomic E-state index is 0.0608. The van der Waals surface area contributed by atoms with Gasteiger partial charge in [-0.3, -0.25) is 4.79 Å². The summed E-state index contributed by atoms with van der Waals surface area (Å²) in [5, 5.41) is 2.90. The number of rotatable bonds is 7. The van der Waals surface area contributed by atoms with Gasteiger partial charge in [0.15, 0.2) is 5.54 Å². The number of carbonyl (C=O) groups excluding carboxylic acids is 2. The molecule has 0 aromatic heterocycles. The maximum Gasteiger partial charge on any atom is 0.340 e. The van der Waals surface area contributed by atoms with Crippen LogP contribution in [-0.2, 0) is 9.53 Å². The van der Waals surface area contributed by atoms with Gasteiger partial charge >= 0.3 is 5.97 Å². The molecular weight excluding hydrogens is 323 g/mol. The van der Waals surface area contributed by atoms with E-state index in [1.807, 2.05) is 0 Å². The molecule has 0 radical (unpaired) electrons. The van der Waals surface area contributed by atoms with Gasteiger partial charge in [0.05, 0.1) is 38.0 Å². The molecule has 0 saturated heterocycles. The van der Waals surface area contributed by atoms with E-state index in [9.17, 15) is 14.0 Å². The van der Waals surface area contributed by atoms with E-state index in [2.05, 4.69) is 26.2 Å². The first-order valence-corrected chi connectivity index (χ1v) is 8.88. The van der Waals surface area contributed by atoms with Gasteiger partial charge in [0, 0.05) is 12.8 Å². The van der Waals surface area contributed by atoms with Crippen molar-refractivity contribution < 1.29 is 23.2 Å². The van der Waals surface area contributed by atoms with Crippen molar-refractivity contribution >= 4 is 17.6 Å². The van der Waals surface area contributed by atoms with Gasteiger partial charge in [0.1, 0.15) is 5.82 Å². The molecule has 0 bridgehead atoms. The Morgan fingerprint density at radius 2 is 1.84 bits per heavy atom. The van der Waals surface area contributed by atoms with Crippen LogP contribution in [-0.4, -0.2) is 48.6 Å². The van der Waals surface area contributed by atoms with Crippen molar-refractivity contribution in [2.45, 2.75) is 46.1 Å². The fourth-order valence-corrected chi connectivity index (χ4v) is 3.47. The zero-order valence-corrected chi connectivity index (χ0v) is 15.7. The van der Waals surface area contributed by atoms with Crippen LogP contribution in [0.25, 0.3) is 0 Å². The predicted octanol–water partition coefficient (Wildman–Crippen LogP) is 3.27. The van der Waals surface area contributed by atoms with Crippen LogP contribution >= 0.6 is 0 Å². The first-order valence-electron chi connectivity index (χ1n) is 8.88. The fourth-order valence-electron chi connectivity index (χ4n) is 3.47. The average molecular weight is 351 g/mol. The van der Waals surface area contributed by atoms with Gasteiger partial charge in [-0.2, -0.15) is 0 Å². The number of anilines is 1. The minimum Gasteiger partial charge on any atom is -0.462 e. The number of quaternary nitrogens is 1. The second-order valence-electron chi connectivity index (χ2n) is 6.88. The SMILES string of the molecule is CCOC(=O)c1cc(F)cc(C)c1NC(=O)C1([N+](C)(CC)CC)CC1. The number of aryl methyl sites for hydroxylation is 1. The van der Waals surface area contributed by atoms with E-state index in [-0.39, 0.29) is 18.1 Å². The first kappa shape index (κ1) is 19.4. The van der Waals surface area contributed by atoms with E-state index in [1.54, 1.807) is 13.8 Å².